The summed E-state index contributed by atoms with van der Waals surface area (Å²) in [7, 11) is -3.59. The molecule has 0 saturated heterocycles. The summed E-state index contributed by atoms with van der Waals surface area (Å²) in [6, 6.07) is 0. The van der Waals surface area contributed by atoms with Gasteiger partial charge in [0.05, 0.1) is 18.3 Å². The van der Waals surface area contributed by atoms with Gasteiger partial charge < -0.3 is 0 Å². The van der Waals surface area contributed by atoms with Crippen molar-refractivity contribution in [3.63, 3.8) is 0 Å². The lowest BCUT2D eigenvalue weighted by atomic mass is 10.2. The number of hydrogen-bond acceptors (Lipinski definition) is 4. The lowest BCUT2D eigenvalue weighted by Gasteiger charge is -2.24. The molecule has 5 heteroatoms. The first kappa shape index (κ1) is 21.3. The van der Waals surface area contributed by atoms with Crippen LogP contribution < -0.4 is 0 Å². The minimum Gasteiger partial charge on any atom is -0.284 e. The molecule has 0 radical (unpaired) electrons. The molecule has 0 aliphatic carbocycles. The molecule has 0 aromatic carbocycles. The van der Waals surface area contributed by atoms with Gasteiger partial charge >= 0.3 is 7.82 Å². The van der Waals surface area contributed by atoms with Crippen molar-refractivity contribution in [1.29, 1.82) is 0 Å². The van der Waals surface area contributed by atoms with Crippen LogP contribution in [0.25, 0.3) is 0 Å². The summed E-state index contributed by atoms with van der Waals surface area (Å²) in [5, 5.41) is 0. The van der Waals surface area contributed by atoms with E-state index in [1.807, 2.05) is 12.2 Å². The molecule has 0 aliphatic heterocycles. The number of hydrogen-bond donors (Lipinski definition) is 0. The van der Waals surface area contributed by atoms with E-state index in [4.69, 9.17) is 13.6 Å². The van der Waals surface area contributed by atoms with E-state index in [2.05, 4.69) is 25.7 Å². The zero-order valence-corrected chi connectivity index (χ0v) is 15.4. The van der Waals surface area contributed by atoms with Crippen LogP contribution in [-0.4, -0.2) is 18.3 Å². The molecule has 0 aromatic rings. The maximum Gasteiger partial charge on any atom is 0.475 e. The molecule has 0 amide bonds. The number of phosphoric acid groups is 1. The summed E-state index contributed by atoms with van der Waals surface area (Å²) in [6.45, 7) is 13.0. The van der Waals surface area contributed by atoms with Crippen LogP contribution in [-0.2, 0) is 18.1 Å². The Kier molecular flexibility index (Phi) is 11.5. The molecule has 0 unspecified atom stereocenters. The van der Waals surface area contributed by atoms with Gasteiger partial charge in [0.1, 0.15) is 0 Å². The quantitative estimate of drug-likeness (QED) is 0.334. The van der Waals surface area contributed by atoms with E-state index in [1.165, 1.54) is 0 Å². The highest BCUT2D eigenvalue weighted by atomic mass is 31.2. The fourth-order valence-corrected chi connectivity index (χ4v) is 3.29. The van der Waals surface area contributed by atoms with Crippen LogP contribution in [0.5, 0.6) is 0 Å². The summed E-state index contributed by atoms with van der Waals surface area (Å²) >= 11 is 0. The predicted octanol–water partition coefficient (Wildman–Crippen LogP) is 5.82. The van der Waals surface area contributed by atoms with E-state index < -0.39 is 13.9 Å². The second kappa shape index (κ2) is 11.8. The Morgan fingerprint density at radius 3 is 1.95 bits per heavy atom. The number of allylic oxidation sites excluding steroid dienone is 3. The molecule has 0 fully saturated rings. The number of rotatable bonds is 12. The SMILES string of the molecule is C=C[C@H](C/C=C\C/C=C\CC)OP(=O)(OC(C)C)OC(C)C. The third kappa shape index (κ3) is 11.0. The van der Waals surface area contributed by atoms with Gasteiger partial charge in [-0.05, 0) is 47.0 Å². The topological polar surface area (TPSA) is 44.8 Å². The van der Waals surface area contributed by atoms with Crippen LogP contribution in [0.2, 0.25) is 0 Å². The molecular formula is C17H31O4P. The second-order valence-corrected chi connectivity index (χ2v) is 6.98. The molecule has 22 heavy (non-hydrogen) atoms. The second-order valence-electron chi connectivity index (χ2n) is 5.46. The largest absolute Gasteiger partial charge is 0.475 e. The Morgan fingerprint density at radius 2 is 1.50 bits per heavy atom. The molecule has 1 atom stereocenters. The molecule has 0 spiro atoms. The van der Waals surface area contributed by atoms with E-state index in [1.54, 1.807) is 33.8 Å². The van der Waals surface area contributed by atoms with Crippen molar-refractivity contribution < 1.29 is 18.1 Å². The van der Waals surface area contributed by atoms with Crippen LogP contribution in [0, 0.1) is 0 Å². The van der Waals surface area contributed by atoms with Gasteiger partial charge in [-0.2, -0.15) is 0 Å². The van der Waals surface area contributed by atoms with Gasteiger partial charge in [-0.1, -0.05) is 37.3 Å². The summed E-state index contributed by atoms with van der Waals surface area (Å²) in [4.78, 5) is 0. The first-order valence-corrected chi connectivity index (χ1v) is 9.36. The van der Waals surface area contributed by atoms with E-state index in [-0.39, 0.29) is 12.2 Å². The van der Waals surface area contributed by atoms with Crippen molar-refractivity contribution in [3.8, 4) is 0 Å². The predicted molar refractivity (Wildman–Crippen MR) is 92.9 cm³/mol. The van der Waals surface area contributed by atoms with Gasteiger partial charge in [0, 0.05) is 0 Å². The molecular weight excluding hydrogens is 299 g/mol. The molecule has 0 aliphatic rings. The van der Waals surface area contributed by atoms with Crippen molar-refractivity contribution in [3.05, 3.63) is 37.0 Å². The third-order valence-electron chi connectivity index (χ3n) is 2.42. The Balaban J connectivity index is 4.60. The van der Waals surface area contributed by atoms with E-state index in [0.717, 1.165) is 12.8 Å². The van der Waals surface area contributed by atoms with Crippen molar-refractivity contribution in [1.82, 2.24) is 0 Å². The van der Waals surface area contributed by atoms with Crippen LogP contribution in [0.1, 0.15) is 53.9 Å². The standard InChI is InChI=1S/C17H31O4P/c1-7-9-10-11-12-13-14-17(8-2)21-22(18,19-15(3)4)20-16(5)6/h8-10,12-13,15-17H,2,7,11,14H2,1,3-6H3/b10-9-,13-12-/t17-/m1/s1. The van der Waals surface area contributed by atoms with Gasteiger partial charge in [-0.15, -0.1) is 6.58 Å². The van der Waals surface area contributed by atoms with Crippen LogP contribution in [0.4, 0.5) is 0 Å². The first-order chi connectivity index (χ1) is 10.3. The zero-order valence-electron chi connectivity index (χ0n) is 14.5. The summed E-state index contributed by atoms with van der Waals surface area (Å²) in [6.07, 6.45) is 11.5. The number of phosphoric ester groups is 1. The third-order valence-corrected chi connectivity index (χ3v) is 4.31. The van der Waals surface area contributed by atoms with Gasteiger partial charge in [-0.25, -0.2) is 4.57 Å². The first-order valence-electron chi connectivity index (χ1n) is 7.90. The fourth-order valence-electron chi connectivity index (χ4n) is 1.61. The molecule has 4 nitrogen and oxygen atoms in total. The summed E-state index contributed by atoms with van der Waals surface area (Å²) in [5.41, 5.74) is 0. The summed E-state index contributed by atoms with van der Waals surface area (Å²) < 4.78 is 28.9. The molecule has 0 saturated carbocycles. The lowest BCUT2D eigenvalue weighted by molar-refractivity contribution is 0.0589. The maximum absolute atomic E-state index is 12.6. The monoisotopic (exact) mass is 330 g/mol. The van der Waals surface area contributed by atoms with Gasteiger partial charge in [0.2, 0.25) is 0 Å². The van der Waals surface area contributed by atoms with Crippen LogP contribution >= 0.6 is 7.82 Å². The molecule has 128 valence electrons. The summed E-state index contributed by atoms with van der Waals surface area (Å²) in [5.74, 6) is 0. The highest BCUT2D eigenvalue weighted by Crippen LogP contribution is 2.53. The lowest BCUT2D eigenvalue weighted by Crippen LogP contribution is -2.15. The Morgan fingerprint density at radius 1 is 0.955 bits per heavy atom. The van der Waals surface area contributed by atoms with E-state index in [0.29, 0.717) is 6.42 Å². The highest BCUT2D eigenvalue weighted by molar-refractivity contribution is 7.48. The highest BCUT2D eigenvalue weighted by Gasteiger charge is 2.32. The van der Waals surface area contributed by atoms with Crippen molar-refractivity contribution in [2.45, 2.75) is 72.2 Å². The zero-order chi connectivity index (χ0) is 17.0. The average molecular weight is 330 g/mol. The Bertz CT molecular complexity index is 385. The fraction of sp³-hybridized carbons (Fsp3) is 0.647. The van der Waals surface area contributed by atoms with Gasteiger partial charge in [0.15, 0.2) is 0 Å². The van der Waals surface area contributed by atoms with E-state index >= 15 is 0 Å². The van der Waals surface area contributed by atoms with E-state index in [9.17, 15) is 4.57 Å². The molecule has 0 heterocycles. The molecule has 0 N–H and O–H groups in total. The van der Waals surface area contributed by atoms with Crippen molar-refractivity contribution in [2.75, 3.05) is 0 Å². The van der Waals surface area contributed by atoms with Crippen molar-refractivity contribution in [2.24, 2.45) is 0 Å². The Labute approximate surface area is 135 Å². The molecule has 0 rings (SSSR count). The van der Waals surface area contributed by atoms with Crippen LogP contribution in [0.15, 0.2) is 37.0 Å². The van der Waals surface area contributed by atoms with Crippen molar-refractivity contribution >= 4 is 7.82 Å². The maximum atomic E-state index is 12.6. The van der Waals surface area contributed by atoms with Gasteiger partial charge in [-0.3, -0.25) is 13.6 Å². The average Bonchev–Trinajstić information content (AvgIpc) is 2.39. The molecule has 0 bridgehead atoms. The molecule has 0 aromatic heterocycles. The smallest absolute Gasteiger partial charge is 0.284 e. The van der Waals surface area contributed by atoms with Gasteiger partial charge in [0.25, 0.3) is 0 Å². The van der Waals surface area contributed by atoms with Crippen LogP contribution in [0.3, 0.4) is 0 Å². The Hall–Kier alpha value is -0.670. The normalized spacial score (nSPS) is 14.5. The minimum absolute atomic E-state index is 0.246. The minimum atomic E-state index is -3.59.